The summed E-state index contributed by atoms with van der Waals surface area (Å²) in [6.07, 6.45) is 26.9. The Labute approximate surface area is 149 Å². The van der Waals surface area contributed by atoms with E-state index in [2.05, 4.69) is 68.6 Å². The second-order valence-corrected chi connectivity index (χ2v) is 14.5. The van der Waals surface area contributed by atoms with Crippen molar-refractivity contribution in [2.24, 2.45) is 29.6 Å². The lowest BCUT2D eigenvalue weighted by Gasteiger charge is -2.42. The van der Waals surface area contributed by atoms with Gasteiger partial charge in [0.15, 0.2) is 0 Å². The lowest BCUT2D eigenvalue weighted by atomic mass is 9.83. The van der Waals surface area contributed by atoms with E-state index in [9.17, 15) is 0 Å². The van der Waals surface area contributed by atoms with Gasteiger partial charge in [0.25, 0.3) is 0 Å². The third-order valence-electron chi connectivity index (χ3n) is 7.87. The molecule has 0 saturated heterocycles. The van der Waals surface area contributed by atoms with Crippen LogP contribution >= 0.6 is 0 Å². The van der Waals surface area contributed by atoms with E-state index in [1.54, 1.807) is 0 Å². The van der Waals surface area contributed by atoms with Gasteiger partial charge in [-0.1, -0.05) is 94.3 Å². The topological polar surface area (TPSA) is 0 Å². The number of rotatable bonds is 4. The molecule has 4 aliphatic carbocycles. The normalized spacial score (nSPS) is 43.2. The molecule has 0 amide bonds. The highest BCUT2D eigenvalue weighted by Crippen LogP contribution is 2.62. The Kier molecular flexibility index (Phi) is 4.49. The van der Waals surface area contributed by atoms with E-state index in [1.165, 1.54) is 32.1 Å². The van der Waals surface area contributed by atoms with Gasteiger partial charge in [-0.3, -0.25) is 0 Å². The molecule has 0 bridgehead atoms. The average molecular weight is 339 g/mol. The fourth-order valence-corrected chi connectivity index (χ4v) is 11.8. The predicted octanol–water partition coefficient (Wildman–Crippen LogP) is 6.77. The lowest BCUT2D eigenvalue weighted by molar-refractivity contribution is 0.461. The fourth-order valence-electron chi connectivity index (χ4n) is 6.71. The fraction of sp³-hybridized carbons (Fsp3) is 0.652. The summed E-state index contributed by atoms with van der Waals surface area (Å²) in [7, 11) is -1.29. The van der Waals surface area contributed by atoms with Gasteiger partial charge in [-0.2, -0.15) is 0 Å². The van der Waals surface area contributed by atoms with E-state index in [-0.39, 0.29) is 0 Å². The summed E-state index contributed by atoms with van der Waals surface area (Å²) in [4.78, 5) is 0. The summed E-state index contributed by atoms with van der Waals surface area (Å²) in [6, 6.07) is 0. The van der Waals surface area contributed by atoms with Crippen LogP contribution in [0.25, 0.3) is 0 Å². The van der Waals surface area contributed by atoms with Crippen LogP contribution in [0.3, 0.4) is 0 Å². The Balaban J connectivity index is 1.61. The van der Waals surface area contributed by atoms with E-state index in [4.69, 9.17) is 0 Å². The van der Waals surface area contributed by atoms with Crippen molar-refractivity contribution in [3.05, 3.63) is 48.6 Å². The first-order valence-electron chi connectivity index (χ1n) is 10.3. The molecule has 0 radical (unpaired) electrons. The van der Waals surface area contributed by atoms with Crippen LogP contribution in [-0.2, 0) is 0 Å². The third-order valence-corrected chi connectivity index (χ3v) is 13.0. The average Bonchev–Trinajstić information content (AvgIpc) is 3.18. The van der Waals surface area contributed by atoms with Gasteiger partial charge in [-0.25, -0.2) is 0 Å². The molecule has 130 valence electrons. The zero-order valence-electron chi connectivity index (χ0n) is 15.7. The molecule has 0 aliphatic heterocycles. The molecule has 4 aliphatic rings. The van der Waals surface area contributed by atoms with Crippen LogP contribution < -0.4 is 0 Å². The minimum atomic E-state index is -1.29. The largest absolute Gasteiger partial charge is 0.0808 e. The molecular formula is C23H34Si. The van der Waals surface area contributed by atoms with E-state index >= 15 is 0 Å². The Morgan fingerprint density at radius 3 is 1.88 bits per heavy atom. The van der Waals surface area contributed by atoms with Gasteiger partial charge in [0.05, 0.1) is 8.07 Å². The minimum absolute atomic E-state index is 0.755. The summed E-state index contributed by atoms with van der Waals surface area (Å²) in [5, 5.41) is 0. The number of fused-ring (bicyclic) bond motifs is 3. The van der Waals surface area contributed by atoms with Crippen molar-refractivity contribution in [1.82, 2.24) is 0 Å². The molecule has 6 unspecified atom stereocenters. The number of allylic oxidation sites excluding steroid dienone is 8. The molecule has 0 aromatic rings. The van der Waals surface area contributed by atoms with Crippen molar-refractivity contribution in [3.8, 4) is 0 Å². The third kappa shape index (κ3) is 2.64. The van der Waals surface area contributed by atoms with Crippen molar-refractivity contribution in [2.75, 3.05) is 0 Å². The molecule has 0 aromatic heterocycles. The van der Waals surface area contributed by atoms with Crippen LogP contribution in [0.5, 0.6) is 0 Å². The molecule has 0 nitrogen and oxygen atoms in total. The van der Waals surface area contributed by atoms with Crippen molar-refractivity contribution in [2.45, 2.75) is 63.2 Å². The highest BCUT2D eigenvalue weighted by Gasteiger charge is 2.55. The Morgan fingerprint density at radius 1 is 0.792 bits per heavy atom. The first-order chi connectivity index (χ1) is 11.6. The minimum Gasteiger partial charge on any atom is -0.0808 e. The molecule has 2 fully saturated rings. The van der Waals surface area contributed by atoms with E-state index in [0.29, 0.717) is 0 Å². The Hall–Kier alpha value is -0.823. The Morgan fingerprint density at radius 2 is 1.33 bits per heavy atom. The number of hydrogen-bond acceptors (Lipinski definition) is 0. The summed E-state index contributed by atoms with van der Waals surface area (Å²) >= 11 is 0. The zero-order valence-corrected chi connectivity index (χ0v) is 16.7. The molecule has 6 atom stereocenters. The highest BCUT2D eigenvalue weighted by molar-refractivity contribution is 6.80. The van der Waals surface area contributed by atoms with Gasteiger partial charge in [0, 0.05) is 0 Å². The molecule has 4 rings (SSSR count). The van der Waals surface area contributed by atoms with Gasteiger partial charge in [-0.15, -0.1) is 0 Å². The molecule has 0 N–H and O–H groups in total. The number of hydrogen-bond donors (Lipinski definition) is 0. The maximum absolute atomic E-state index is 2.74. The lowest BCUT2D eigenvalue weighted by Crippen LogP contribution is -2.42. The standard InChI is InChI=1S/C23H34Si/c1-4-9-17-14-15-18(16-17)24(2,3)23-21-12-7-5-10-19(21)20-11-6-8-13-22(20)23/h5-8,10-13,17-23H,4,9,14-16H2,1-3H3. The maximum Gasteiger partial charge on any atom is 0.0548 e. The second kappa shape index (κ2) is 6.48. The SMILES string of the molecule is CCCC1CCC([Si](C)(C)C2C3C=CC=CC3C3C=CC=CC32)C1. The van der Waals surface area contributed by atoms with Crippen molar-refractivity contribution >= 4 is 8.07 Å². The molecule has 2 saturated carbocycles. The van der Waals surface area contributed by atoms with Crippen LogP contribution in [0, 0.1) is 29.6 Å². The van der Waals surface area contributed by atoms with Crippen LogP contribution in [0.4, 0.5) is 0 Å². The molecule has 24 heavy (non-hydrogen) atoms. The zero-order chi connectivity index (χ0) is 16.7. The predicted molar refractivity (Wildman–Crippen MR) is 108 cm³/mol. The van der Waals surface area contributed by atoms with Crippen molar-refractivity contribution < 1.29 is 0 Å². The van der Waals surface area contributed by atoms with Gasteiger partial charge in [0.1, 0.15) is 0 Å². The molecule has 1 heteroatoms. The molecule has 0 aromatic carbocycles. The summed E-state index contributed by atoms with van der Waals surface area (Å²) in [6.45, 7) is 7.85. The second-order valence-electron chi connectivity index (χ2n) is 9.36. The first kappa shape index (κ1) is 16.6. The molecule has 0 spiro atoms. The molecule has 0 heterocycles. The smallest absolute Gasteiger partial charge is 0.0548 e. The first-order valence-corrected chi connectivity index (χ1v) is 13.5. The highest BCUT2D eigenvalue weighted by atomic mass is 28.3. The van der Waals surface area contributed by atoms with Gasteiger partial charge in [-0.05, 0) is 47.1 Å². The monoisotopic (exact) mass is 338 g/mol. The molecular weight excluding hydrogens is 304 g/mol. The van der Waals surface area contributed by atoms with Gasteiger partial charge < -0.3 is 0 Å². The Bertz CT molecular complexity index is 545. The van der Waals surface area contributed by atoms with Gasteiger partial charge in [0.2, 0.25) is 0 Å². The van der Waals surface area contributed by atoms with Crippen LogP contribution in [0.2, 0.25) is 24.2 Å². The van der Waals surface area contributed by atoms with E-state index in [0.717, 1.165) is 40.7 Å². The van der Waals surface area contributed by atoms with Gasteiger partial charge >= 0.3 is 0 Å². The summed E-state index contributed by atoms with van der Waals surface area (Å²) < 4.78 is 0. The van der Waals surface area contributed by atoms with Crippen molar-refractivity contribution in [3.63, 3.8) is 0 Å². The van der Waals surface area contributed by atoms with Crippen molar-refractivity contribution in [1.29, 1.82) is 0 Å². The van der Waals surface area contributed by atoms with Crippen LogP contribution in [0.15, 0.2) is 48.6 Å². The summed E-state index contributed by atoms with van der Waals surface area (Å²) in [5.41, 5.74) is 1.98. The maximum atomic E-state index is 2.74. The quantitative estimate of drug-likeness (QED) is 0.496. The van der Waals surface area contributed by atoms with E-state index < -0.39 is 8.07 Å². The van der Waals surface area contributed by atoms with Crippen LogP contribution in [0.1, 0.15) is 39.0 Å². The summed E-state index contributed by atoms with van der Waals surface area (Å²) in [5.74, 6) is 4.13. The van der Waals surface area contributed by atoms with Crippen LogP contribution in [-0.4, -0.2) is 8.07 Å². The van der Waals surface area contributed by atoms with E-state index in [1.807, 2.05) is 0 Å².